The fraction of sp³-hybridized carbons (Fsp3) is 0.500. The zero-order chi connectivity index (χ0) is 13.1. The smallest absolute Gasteiger partial charge is 0.247 e. The molecule has 0 saturated heterocycles. The number of carbonyl (C=O) groups is 1. The van der Waals surface area contributed by atoms with Crippen LogP contribution in [0.5, 0.6) is 0 Å². The van der Waals surface area contributed by atoms with E-state index in [4.69, 9.17) is 5.14 Å². The molecule has 1 rings (SSSR count). The minimum atomic E-state index is -3.66. The maximum atomic E-state index is 11.6. The first-order chi connectivity index (χ1) is 7.82. The Bertz CT molecular complexity index is 493. The molecule has 96 valence electrons. The van der Waals surface area contributed by atoms with E-state index in [0.717, 1.165) is 17.8 Å². The van der Waals surface area contributed by atoms with Crippen molar-refractivity contribution in [2.45, 2.75) is 36.9 Å². The van der Waals surface area contributed by atoms with E-state index in [1.165, 1.54) is 6.07 Å². The van der Waals surface area contributed by atoms with E-state index in [0.29, 0.717) is 4.88 Å². The second-order valence-electron chi connectivity index (χ2n) is 3.82. The molecule has 0 bridgehead atoms. The summed E-state index contributed by atoms with van der Waals surface area (Å²) in [5.41, 5.74) is 0. The molecule has 1 amide bonds. The summed E-state index contributed by atoms with van der Waals surface area (Å²) in [6.45, 7) is 3.90. The van der Waals surface area contributed by atoms with Crippen LogP contribution in [0.3, 0.4) is 0 Å². The van der Waals surface area contributed by atoms with Crippen molar-refractivity contribution in [1.82, 2.24) is 5.32 Å². The fourth-order valence-corrected chi connectivity index (χ4v) is 2.97. The summed E-state index contributed by atoms with van der Waals surface area (Å²) in [6, 6.07) is 3.16. The highest BCUT2D eigenvalue weighted by Crippen LogP contribution is 2.20. The van der Waals surface area contributed by atoms with E-state index in [-0.39, 0.29) is 22.6 Å². The van der Waals surface area contributed by atoms with Crippen molar-refractivity contribution in [3.05, 3.63) is 17.0 Å². The molecule has 1 atom stereocenters. The number of primary sulfonamides is 1. The molecule has 7 heteroatoms. The van der Waals surface area contributed by atoms with Crippen LogP contribution < -0.4 is 10.5 Å². The van der Waals surface area contributed by atoms with Crippen molar-refractivity contribution in [2.75, 3.05) is 0 Å². The molecular weight excluding hydrogens is 260 g/mol. The molecular formula is C10H16N2O3S2. The Labute approximate surface area is 105 Å². The molecule has 0 radical (unpaired) electrons. The zero-order valence-corrected chi connectivity index (χ0v) is 11.4. The van der Waals surface area contributed by atoms with E-state index >= 15 is 0 Å². The summed E-state index contributed by atoms with van der Waals surface area (Å²) in [5.74, 6) is -0.109. The number of rotatable bonds is 5. The molecule has 0 spiro atoms. The van der Waals surface area contributed by atoms with Gasteiger partial charge in [-0.2, -0.15) is 0 Å². The molecule has 0 fully saturated rings. The van der Waals surface area contributed by atoms with Crippen LogP contribution in [-0.2, 0) is 21.2 Å². The number of hydrogen-bond acceptors (Lipinski definition) is 4. The molecule has 0 aliphatic carbocycles. The van der Waals surface area contributed by atoms with Gasteiger partial charge in [0.25, 0.3) is 0 Å². The molecule has 1 aromatic rings. The number of thiophene rings is 1. The highest BCUT2D eigenvalue weighted by molar-refractivity contribution is 7.91. The molecule has 0 saturated carbocycles. The molecule has 17 heavy (non-hydrogen) atoms. The first kappa shape index (κ1) is 14.1. The summed E-state index contributed by atoms with van der Waals surface area (Å²) in [4.78, 5) is 12.2. The summed E-state index contributed by atoms with van der Waals surface area (Å²) in [6.07, 6.45) is 1.04. The normalized spacial score (nSPS) is 13.4. The Balaban J connectivity index is 2.64. The van der Waals surface area contributed by atoms with Gasteiger partial charge < -0.3 is 5.32 Å². The molecule has 0 aromatic carbocycles. The Morgan fingerprint density at radius 1 is 1.53 bits per heavy atom. The molecule has 3 N–H and O–H groups in total. The van der Waals surface area contributed by atoms with Crippen molar-refractivity contribution in [2.24, 2.45) is 5.14 Å². The second kappa shape index (κ2) is 5.61. The number of hydrogen-bond donors (Lipinski definition) is 2. The van der Waals surface area contributed by atoms with Crippen molar-refractivity contribution < 1.29 is 13.2 Å². The summed E-state index contributed by atoms with van der Waals surface area (Å²) in [5, 5.41) is 7.80. The van der Waals surface area contributed by atoms with Crippen LogP contribution in [0.4, 0.5) is 0 Å². The first-order valence-corrected chi connectivity index (χ1v) is 7.60. The van der Waals surface area contributed by atoms with E-state index in [1.807, 2.05) is 13.8 Å². The summed E-state index contributed by atoms with van der Waals surface area (Å²) in [7, 11) is -3.66. The van der Waals surface area contributed by atoms with Crippen LogP contribution in [0.15, 0.2) is 16.3 Å². The number of carbonyl (C=O) groups excluding carboxylic acids is 1. The van der Waals surface area contributed by atoms with Gasteiger partial charge in [-0.3, -0.25) is 4.79 Å². The van der Waals surface area contributed by atoms with Crippen LogP contribution >= 0.6 is 11.3 Å². The van der Waals surface area contributed by atoms with E-state index in [1.54, 1.807) is 6.07 Å². The lowest BCUT2D eigenvalue weighted by Crippen LogP contribution is -2.32. The predicted octanol–water partition coefficient (Wildman–Crippen LogP) is 0.853. The zero-order valence-electron chi connectivity index (χ0n) is 9.76. The van der Waals surface area contributed by atoms with Gasteiger partial charge in [0.2, 0.25) is 15.9 Å². The minimum absolute atomic E-state index is 0.0869. The topological polar surface area (TPSA) is 89.3 Å². The van der Waals surface area contributed by atoms with Gasteiger partial charge in [-0.25, -0.2) is 13.6 Å². The highest BCUT2D eigenvalue weighted by Gasteiger charge is 2.13. The summed E-state index contributed by atoms with van der Waals surface area (Å²) < 4.78 is 22.2. The van der Waals surface area contributed by atoms with Gasteiger partial charge in [0.05, 0.1) is 6.42 Å². The van der Waals surface area contributed by atoms with Gasteiger partial charge in [-0.05, 0) is 25.5 Å². The lowest BCUT2D eigenvalue weighted by Gasteiger charge is -2.10. The molecule has 0 aliphatic heterocycles. The third-order valence-electron chi connectivity index (χ3n) is 2.27. The van der Waals surface area contributed by atoms with Crippen LogP contribution in [0.25, 0.3) is 0 Å². The third-order valence-corrected chi connectivity index (χ3v) is 4.80. The molecule has 1 aromatic heterocycles. The lowest BCUT2D eigenvalue weighted by molar-refractivity contribution is -0.121. The fourth-order valence-electron chi connectivity index (χ4n) is 1.19. The van der Waals surface area contributed by atoms with Gasteiger partial charge in [0.1, 0.15) is 4.21 Å². The van der Waals surface area contributed by atoms with Crippen molar-refractivity contribution in [3.8, 4) is 0 Å². The average molecular weight is 276 g/mol. The Morgan fingerprint density at radius 3 is 2.65 bits per heavy atom. The van der Waals surface area contributed by atoms with Crippen molar-refractivity contribution >= 4 is 27.3 Å². The van der Waals surface area contributed by atoms with E-state index in [2.05, 4.69) is 5.32 Å². The van der Waals surface area contributed by atoms with Gasteiger partial charge >= 0.3 is 0 Å². The standard InChI is InChI=1S/C10H16N2O3S2/c1-3-7(2)12-9(13)6-8-4-5-10(16-8)17(11,14)15/h4-5,7H,3,6H2,1-2H3,(H,12,13)(H2,11,14,15). The van der Waals surface area contributed by atoms with E-state index in [9.17, 15) is 13.2 Å². The third kappa shape index (κ3) is 4.45. The molecule has 5 nitrogen and oxygen atoms in total. The largest absolute Gasteiger partial charge is 0.353 e. The van der Waals surface area contributed by atoms with Gasteiger partial charge in [0.15, 0.2) is 0 Å². The quantitative estimate of drug-likeness (QED) is 0.835. The SMILES string of the molecule is CCC(C)NC(=O)Cc1ccc(S(N)(=O)=O)s1. The maximum absolute atomic E-state index is 11.6. The van der Waals surface area contributed by atoms with Gasteiger partial charge in [0, 0.05) is 10.9 Å². The van der Waals surface area contributed by atoms with Crippen LogP contribution in [0, 0.1) is 0 Å². The Kier molecular flexibility index (Phi) is 4.67. The predicted molar refractivity (Wildman–Crippen MR) is 67.3 cm³/mol. The van der Waals surface area contributed by atoms with Crippen LogP contribution in [0.2, 0.25) is 0 Å². The van der Waals surface area contributed by atoms with Gasteiger partial charge in [-0.15, -0.1) is 11.3 Å². The summed E-state index contributed by atoms with van der Waals surface area (Å²) >= 11 is 1.03. The minimum Gasteiger partial charge on any atom is -0.353 e. The maximum Gasteiger partial charge on any atom is 0.247 e. The highest BCUT2D eigenvalue weighted by atomic mass is 32.2. The molecule has 1 unspecified atom stereocenters. The van der Waals surface area contributed by atoms with Crippen molar-refractivity contribution in [1.29, 1.82) is 0 Å². The number of nitrogens with one attached hydrogen (secondary N) is 1. The first-order valence-electron chi connectivity index (χ1n) is 5.23. The Morgan fingerprint density at radius 2 is 2.18 bits per heavy atom. The molecule has 0 aliphatic rings. The van der Waals surface area contributed by atoms with E-state index < -0.39 is 10.0 Å². The van der Waals surface area contributed by atoms with Crippen LogP contribution in [0.1, 0.15) is 25.1 Å². The number of nitrogens with two attached hydrogens (primary N) is 1. The average Bonchev–Trinajstić information content (AvgIpc) is 2.65. The lowest BCUT2D eigenvalue weighted by atomic mass is 10.2. The van der Waals surface area contributed by atoms with Gasteiger partial charge in [-0.1, -0.05) is 6.92 Å². The molecule has 1 heterocycles. The Hall–Kier alpha value is -0.920. The number of amides is 1. The number of sulfonamides is 1. The monoisotopic (exact) mass is 276 g/mol. The van der Waals surface area contributed by atoms with Crippen LogP contribution in [-0.4, -0.2) is 20.4 Å². The second-order valence-corrected chi connectivity index (χ2v) is 6.78. The van der Waals surface area contributed by atoms with Crippen molar-refractivity contribution in [3.63, 3.8) is 0 Å².